The largest absolute Gasteiger partial charge is 0.480 e. The van der Waals surface area contributed by atoms with Gasteiger partial charge >= 0.3 is 5.97 Å². The molecule has 0 aromatic heterocycles. The lowest BCUT2D eigenvalue weighted by Gasteiger charge is -2.30. The standard InChI is InChI=1S/C11H13F2NO2/c1-7(12)11(6-14,10(15)16)8-4-2-3-5-9(8)13/h2-5,7H,6,14H2,1H3,(H,15,16). The number of carbonyl (C=O) groups is 1. The van der Waals surface area contributed by atoms with Gasteiger partial charge in [0.05, 0.1) is 0 Å². The molecular weight excluding hydrogens is 216 g/mol. The van der Waals surface area contributed by atoms with E-state index in [1.807, 2.05) is 0 Å². The summed E-state index contributed by atoms with van der Waals surface area (Å²) in [6, 6.07) is 5.19. The molecule has 88 valence electrons. The Kier molecular flexibility index (Phi) is 3.59. The lowest BCUT2D eigenvalue weighted by molar-refractivity contribution is -0.146. The van der Waals surface area contributed by atoms with E-state index in [4.69, 9.17) is 10.8 Å². The van der Waals surface area contributed by atoms with Crippen molar-refractivity contribution >= 4 is 5.97 Å². The molecule has 1 aromatic carbocycles. The van der Waals surface area contributed by atoms with Gasteiger partial charge < -0.3 is 10.8 Å². The quantitative estimate of drug-likeness (QED) is 0.821. The van der Waals surface area contributed by atoms with Crippen molar-refractivity contribution in [2.45, 2.75) is 18.5 Å². The first-order chi connectivity index (χ1) is 7.46. The second kappa shape index (κ2) is 4.57. The first-order valence-corrected chi connectivity index (χ1v) is 4.79. The average Bonchev–Trinajstić information content (AvgIpc) is 2.21. The Labute approximate surface area is 91.9 Å². The van der Waals surface area contributed by atoms with E-state index in [2.05, 4.69) is 0 Å². The number of nitrogens with two attached hydrogens (primary N) is 1. The van der Waals surface area contributed by atoms with Crippen LogP contribution in [0.25, 0.3) is 0 Å². The summed E-state index contributed by atoms with van der Waals surface area (Å²) in [5, 5.41) is 9.09. The van der Waals surface area contributed by atoms with Crippen molar-refractivity contribution < 1.29 is 18.7 Å². The van der Waals surface area contributed by atoms with Crippen LogP contribution in [0.1, 0.15) is 12.5 Å². The van der Waals surface area contributed by atoms with Gasteiger partial charge in [-0.2, -0.15) is 0 Å². The van der Waals surface area contributed by atoms with E-state index in [1.54, 1.807) is 0 Å². The molecule has 5 heteroatoms. The van der Waals surface area contributed by atoms with Gasteiger partial charge in [0, 0.05) is 12.1 Å². The maximum Gasteiger partial charge on any atom is 0.318 e. The van der Waals surface area contributed by atoms with Gasteiger partial charge in [0.1, 0.15) is 17.4 Å². The lowest BCUT2D eigenvalue weighted by atomic mass is 9.76. The lowest BCUT2D eigenvalue weighted by Crippen LogP contribution is -2.50. The number of hydrogen-bond acceptors (Lipinski definition) is 2. The predicted octanol–water partition coefficient (Wildman–Crippen LogP) is 1.46. The fraction of sp³-hybridized carbons (Fsp3) is 0.364. The van der Waals surface area contributed by atoms with Gasteiger partial charge in [-0.25, -0.2) is 8.78 Å². The highest BCUT2D eigenvalue weighted by molar-refractivity contribution is 5.82. The van der Waals surface area contributed by atoms with Crippen LogP contribution in [0.15, 0.2) is 24.3 Å². The molecule has 0 bridgehead atoms. The summed E-state index contributed by atoms with van der Waals surface area (Å²) in [5.41, 5.74) is 3.08. The first kappa shape index (κ1) is 12.6. The molecule has 0 fully saturated rings. The molecule has 0 radical (unpaired) electrons. The van der Waals surface area contributed by atoms with Gasteiger partial charge in [-0.3, -0.25) is 4.79 Å². The summed E-state index contributed by atoms with van der Waals surface area (Å²) >= 11 is 0. The van der Waals surface area contributed by atoms with E-state index in [1.165, 1.54) is 18.2 Å². The van der Waals surface area contributed by atoms with Crippen LogP contribution in [-0.4, -0.2) is 23.8 Å². The number of carboxylic acids is 1. The molecule has 16 heavy (non-hydrogen) atoms. The van der Waals surface area contributed by atoms with Gasteiger partial charge in [0.25, 0.3) is 0 Å². The maximum absolute atomic E-state index is 13.5. The number of halogens is 2. The number of carboxylic acid groups (broad SMARTS) is 1. The SMILES string of the molecule is CC(F)C(CN)(C(=O)O)c1ccccc1F. The van der Waals surface area contributed by atoms with Crippen molar-refractivity contribution in [1.82, 2.24) is 0 Å². The summed E-state index contributed by atoms with van der Waals surface area (Å²) < 4.78 is 27.0. The zero-order valence-corrected chi connectivity index (χ0v) is 8.78. The number of aliphatic carboxylic acids is 1. The Morgan fingerprint density at radius 3 is 2.50 bits per heavy atom. The third kappa shape index (κ3) is 1.78. The van der Waals surface area contributed by atoms with Crippen LogP contribution >= 0.6 is 0 Å². The molecule has 0 amide bonds. The normalized spacial score (nSPS) is 16.5. The molecule has 0 saturated carbocycles. The molecule has 2 unspecified atom stereocenters. The Morgan fingerprint density at radius 2 is 2.12 bits per heavy atom. The van der Waals surface area contributed by atoms with Crippen LogP contribution < -0.4 is 5.73 Å². The summed E-state index contributed by atoms with van der Waals surface area (Å²) in [6.45, 7) is 0.564. The van der Waals surface area contributed by atoms with Crippen molar-refractivity contribution in [1.29, 1.82) is 0 Å². The van der Waals surface area contributed by atoms with E-state index in [9.17, 15) is 13.6 Å². The minimum atomic E-state index is -2.02. The number of benzene rings is 1. The fourth-order valence-electron chi connectivity index (χ4n) is 1.68. The maximum atomic E-state index is 13.5. The molecule has 1 rings (SSSR count). The minimum Gasteiger partial charge on any atom is -0.480 e. The molecule has 0 heterocycles. The van der Waals surface area contributed by atoms with E-state index in [-0.39, 0.29) is 5.56 Å². The van der Waals surface area contributed by atoms with Crippen LogP contribution in [0, 0.1) is 5.82 Å². The Balaban J connectivity index is 3.43. The number of hydrogen-bond donors (Lipinski definition) is 2. The van der Waals surface area contributed by atoms with Gasteiger partial charge in [0.2, 0.25) is 0 Å². The van der Waals surface area contributed by atoms with E-state index >= 15 is 0 Å². The smallest absolute Gasteiger partial charge is 0.318 e. The average molecular weight is 229 g/mol. The minimum absolute atomic E-state index is 0.222. The molecule has 1 aromatic rings. The van der Waals surface area contributed by atoms with Gasteiger partial charge in [-0.05, 0) is 13.0 Å². The highest BCUT2D eigenvalue weighted by Crippen LogP contribution is 2.31. The van der Waals surface area contributed by atoms with Crippen LogP contribution in [0.2, 0.25) is 0 Å². The first-order valence-electron chi connectivity index (χ1n) is 4.79. The molecule has 0 spiro atoms. The van der Waals surface area contributed by atoms with Crippen molar-refractivity contribution in [3.8, 4) is 0 Å². The molecule has 0 saturated heterocycles. The Morgan fingerprint density at radius 1 is 1.56 bits per heavy atom. The fourth-order valence-corrected chi connectivity index (χ4v) is 1.68. The predicted molar refractivity (Wildman–Crippen MR) is 55.3 cm³/mol. The molecule has 0 aliphatic carbocycles. The van der Waals surface area contributed by atoms with Crippen LogP contribution in [0.4, 0.5) is 8.78 Å². The van der Waals surface area contributed by atoms with Crippen LogP contribution in [-0.2, 0) is 10.2 Å². The van der Waals surface area contributed by atoms with Crippen molar-refractivity contribution in [3.63, 3.8) is 0 Å². The molecule has 2 atom stereocenters. The summed E-state index contributed by atoms with van der Waals surface area (Å²) in [6.07, 6.45) is -1.79. The molecule has 0 aliphatic rings. The molecule has 3 nitrogen and oxygen atoms in total. The highest BCUT2D eigenvalue weighted by Gasteiger charge is 2.46. The van der Waals surface area contributed by atoms with Crippen molar-refractivity contribution in [3.05, 3.63) is 35.6 Å². The second-order valence-corrected chi connectivity index (χ2v) is 3.58. The zero-order chi connectivity index (χ0) is 12.3. The van der Waals surface area contributed by atoms with Gasteiger partial charge in [-0.15, -0.1) is 0 Å². The van der Waals surface area contributed by atoms with Gasteiger partial charge in [0.15, 0.2) is 0 Å². The van der Waals surface area contributed by atoms with Crippen molar-refractivity contribution in [2.75, 3.05) is 6.54 Å². The number of alkyl halides is 1. The second-order valence-electron chi connectivity index (χ2n) is 3.58. The topological polar surface area (TPSA) is 63.3 Å². The zero-order valence-electron chi connectivity index (χ0n) is 8.78. The van der Waals surface area contributed by atoms with Crippen LogP contribution in [0.5, 0.6) is 0 Å². The molecule has 3 N–H and O–H groups in total. The van der Waals surface area contributed by atoms with Gasteiger partial charge in [-0.1, -0.05) is 18.2 Å². The molecular formula is C11H13F2NO2. The van der Waals surface area contributed by atoms with E-state index < -0.39 is 29.9 Å². The number of rotatable bonds is 4. The van der Waals surface area contributed by atoms with Crippen LogP contribution in [0.3, 0.4) is 0 Å². The molecule has 0 aliphatic heterocycles. The third-order valence-corrected chi connectivity index (χ3v) is 2.74. The van der Waals surface area contributed by atoms with E-state index in [0.29, 0.717) is 0 Å². The summed E-state index contributed by atoms with van der Waals surface area (Å²) in [7, 11) is 0. The monoisotopic (exact) mass is 229 g/mol. The Bertz CT molecular complexity index is 395. The summed E-state index contributed by atoms with van der Waals surface area (Å²) in [4.78, 5) is 11.2. The third-order valence-electron chi connectivity index (χ3n) is 2.74. The van der Waals surface area contributed by atoms with E-state index in [0.717, 1.165) is 13.0 Å². The highest BCUT2D eigenvalue weighted by atomic mass is 19.1. The summed E-state index contributed by atoms with van der Waals surface area (Å²) in [5.74, 6) is -2.23. The Hall–Kier alpha value is -1.49. The van der Waals surface area contributed by atoms with Crippen molar-refractivity contribution in [2.24, 2.45) is 5.73 Å².